The number of benzene rings is 1. The SMILES string of the molecule is COc1cc(/C=C2\SC(=O)N(CC(=O)N3CCCC3)C2=O)cc(OC)c1OC. The third-order valence-corrected chi connectivity index (χ3v) is 5.52. The highest BCUT2D eigenvalue weighted by Gasteiger charge is 2.37. The van der Waals surface area contributed by atoms with Gasteiger partial charge in [0.2, 0.25) is 11.7 Å². The van der Waals surface area contributed by atoms with Gasteiger partial charge in [-0.3, -0.25) is 19.3 Å². The van der Waals surface area contributed by atoms with E-state index in [1.54, 1.807) is 23.1 Å². The molecule has 0 unspecified atom stereocenters. The first-order valence-corrected chi connectivity index (χ1v) is 9.63. The number of nitrogens with zero attached hydrogens (tertiary/aromatic N) is 2. The quantitative estimate of drug-likeness (QED) is 0.671. The lowest BCUT2D eigenvalue weighted by atomic mass is 10.1. The minimum Gasteiger partial charge on any atom is -0.493 e. The number of amides is 3. The Bertz CT molecular complexity index is 807. The van der Waals surface area contributed by atoms with Crippen molar-refractivity contribution in [1.82, 2.24) is 9.80 Å². The van der Waals surface area contributed by atoms with E-state index in [0.717, 1.165) is 29.5 Å². The van der Waals surface area contributed by atoms with Crippen molar-refractivity contribution in [3.8, 4) is 17.2 Å². The van der Waals surface area contributed by atoms with Gasteiger partial charge in [0, 0.05) is 13.1 Å². The van der Waals surface area contributed by atoms with Gasteiger partial charge in [0.25, 0.3) is 11.1 Å². The molecule has 2 aliphatic heterocycles. The second-order valence-corrected chi connectivity index (χ2v) is 7.31. The van der Waals surface area contributed by atoms with Gasteiger partial charge in [0.1, 0.15) is 6.54 Å². The van der Waals surface area contributed by atoms with Crippen LogP contribution >= 0.6 is 11.8 Å². The second kappa shape index (κ2) is 8.55. The summed E-state index contributed by atoms with van der Waals surface area (Å²) in [6.07, 6.45) is 3.49. The normalized spacial score (nSPS) is 18.2. The maximum Gasteiger partial charge on any atom is 0.294 e. The molecule has 2 fully saturated rings. The van der Waals surface area contributed by atoms with Crippen LogP contribution < -0.4 is 14.2 Å². The lowest BCUT2D eigenvalue weighted by Gasteiger charge is -2.18. The lowest BCUT2D eigenvalue weighted by Crippen LogP contribution is -2.40. The summed E-state index contributed by atoms with van der Waals surface area (Å²) >= 11 is 0.813. The smallest absolute Gasteiger partial charge is 0.294 e. The van der Waals surface area contributed by atoms with Crippen LogP contribution in [0.15, 0.2) is 17.0 Å². The molecule has 0 spiro atoms. The van der Waals surface area contributed by atoms with Crippen LogP contribution in [0.5, 0.6) is 17.2 Å². The topological polar surface area (TPSA) is 85.4 Å². The molecule has 9 heteroatoms. The Morgan fingerprint density at radius 3 is 2.21 bits per heavy atom. The van der Waals surface area contributed by atoms with Crippen molar-refractivity contribution in [2.45, 2.75) is 12.8 Å². The lowest BCUT2D eigenvalue weighted by molar-refractivity contribution is -0.135. The van der Waals surface area contributed by atoms with Crippen LogP contribution in [0.25, 0.3) is 6.08 Å². The van der Waals surface area contributed by atoms with E-state index in [9.17, 15) is 14.4 Å². The molecule has 0 aliphatic carbocycles. The number of rotatable bonds is 6. The highest BCUT2D eigenvalue weighted by molar-refractivity contribution is 8.18. The third kappa shape index (κ3) is 3.94. The summed E-state index contributed by atoms with van der Waals surface area (Å²) in [4.78, 5) is 40.2. The molecular formula is C19H22N2O6S. The van der Waals surface area contributed by atoms with Gasteiger partial charge in [-0.1, -0.05) is 0 Å². The molecule has 0 radical (unpaired) electrons. The zero-order chi connectivity index (χ0) is 20.3. The summed E-state index contributed by atoms with van der Waals surface area (Å²) in [5, 5.41) is -0.448. The minimum absolute atomic E-state index is 0.200. The highest BCUT2D eigenvalue weighted by Crippen LogP contribution is 2.40. The van der Waals surface area contributed by atoms with E-state index in [1.165, 1.54) is 21.3 Å². The first-order chi connectivity index (χ1) is 13.5. The molecule has 2 aliphatic rings. The largest absolute Gasteiger partial charge is 0.493 e. The molecule has 3 rings (SSSR count). The molecule has 0 N–H and O–H groups in total. The Morgan fingerprint density at radius 2 is 1.68 bits per heavy atom. The van der Waals surface area contributed by atoms with Crippen molar-refractivity contribution in [2.24, 2.45) is 0 Å². The molecule has 150 valence electrons. The molecule has 0 saturated carbocycles. The van der Waals surface area contributed by atoms with Gasteiger partial charge >= 0.3 is 0 Å². The van der Waals surface area contributed by atoms with Gasteiger partial charge in [-0.15, -0.1) is 0 Å². The maximum atomic E-state index is 12.7. The Balaban J connectivity index is 1.82. The predicted octanol–water partition coefficient (Wildman–Crippen LogP) is 2.37. The van der Waals surface area contributed by atoms with Gasteiger partial charge < -0.3 is 19.1 Å². The van der Waals surface area contributed by atoms with Crippen molar-refractivity contribution in [3.05, 3.63) is 22.6 Å². The average Bonchev–Trinajstić information content (AvgIpc) is 3.32. The van der Waals surface area contributed by atoms with Gasteiger partial charge in [0.05, 0.1) is 26.2 Å². The van der Waals surface area contributed by atoms with E-state index in [4.69, 9.17) is 14.2 Å². The van der Waals surface area contributed by atoms with E-state index < -0.39 is 11.1 Å². The van der Waals surface area contributed by atoms with Crippen molar-refractivity contribution in [2.75, 3.05) is 41.0 Å². The number of hydrogen-bond donors (Lipinski definition) is 0. The molecule has 0 aromatic heterocycles. The molecule has 0 bridgehead atoms. The Morgan fingerprint density at radius 1 is 1.07 bits per heavy atom. The van der Waals surface area contributed by atoms with Crippen molar-refractivity contribution >= 4 is 34.9 Å². The first kappa shape index (κ1) is 20.1. The number of carbonyl (C=O) groups is 3. The van der Waals surface area contributed by atoms with Gasteiger partial charge in [-0.05, 0) is 48.4 Å². The number of ether oxygens (including phenoxy) is 3. The van der Waals surface area contributed by atoms with Crippen molar-refractivity contribution in [3.63, 3.8) is 0 Å². The van der Waals surface area contributed by atoms with Gasteiger partial charge in [-0.2, -0.15) is 0 Å². The van der Waals surface area contributed by atoms with Crippen LogP contribution in [0.3, 0.4) is 0 Å². The minimum atomic E-state index is -0.476. The van der Waals surface area contributed by atoms with Crippen molar-refractivity contribution in [1.29, 1.82) is 0 Å². The summed E-state index contributed by atoms with van der Waals surface area (Å²) in [7, 11) is 4.50. The number of imide groups is 1. The molecule has 0 atom stereocenters. The molecule has 1 aromatic carbocycles. The number of carbonyl (C=O) groups excluding carboxylic acids is 3. The summed E-state index contributed by atoms with van der Waals surface area (Å²) in [6.45, 7) is 1.13. The van der Waals surface area contributed by atoms with E-state index in [1.807, 2.05) is 0 Å². The zero-order valence-electron chi connectivity index (χ0n) is 16.0. The van der Waals surface area contributed by atoms with Crippen LogP contribution in [0, 0.1) is 0 Å². The fourth-order valence-electron chi connectivity index (χ4n) is 3.17. The molecule has 8 nitrogen and oxygen atoms in total. The molecule has 1 aromatic rings. The van der Waals surface area contributed by atoms with Gasteiger partial charge in [0.15, 0.2) is 11.5 Å². The second-order valence-electron chi connectivity index (χ2n) is 6.31. The molecular weight excluding hydrogens is 384 g/mol. The summed E-state index contributed by atoms with van der Waals surface area (Å²) in [5.41, 5.74) is 0.617. The Kier molecular flexibility index (Phi) is 6.13. The molecule has 2 heterocycles. The first-order valence-electron chi connectivity index (χ1n) is 8.81. The maximum absolute atomic E-state index is 12.7. The summed E-state index contributed by atoms with van der Waals surface area (Å²) in [5.74, 6) is 0.643. The monoisotopic (exact) mass is 406 g/mol. The summed E-state index contributed by atoms with van der Waals surface area (Å²) in [6, 6.07) is 3.37. The van der Waals surface area contributed by atoms with Crippen LogP contribution in [0.2, 0.25) is 0 Å². The number of methoxy groups -OCH3 is 3. The zero-order valence-corrected chi connectivity index (χ0v) is 16.8. The fourth-order valence-corrected chi connectivity index (χ4v) is 4.01. The molecule has 2 saturated heterocycles. The molecule has 28 heavy (non-hydrogen) atoms. The standard InChI is InChI=1S/C19H22N2O6S/c1-25-13-8-12(9-14(26-2)17(13)27-3)10-15-18(23)21(19(24)28-15)11-16(22)20-6-4-5-7-20/h8-10H,4-7,11H2,1-3H3/b15-10-. The van der Waals surface area contributed by atoms with Crippen molar-refractivity contribution < 1.29 is 28.6 Å². The van der Waals surface area contributed by atoms with E-state index in [2.05, 4.69) is 0 Å². The van der Waals surface area contributed by atoms with Crippen LogP contribution in [-0.2, 0) is 9.59 Å². The summed E-state index contributed by atoms with van der Waals surface area (Å²) < 4.78 is 15.9. The number of likely N-dealkylation sites (tertiary alicyclic amines) is 1. The Labute approximate surface area is 167 Å². The number of thioether (sulfide) groups is 1. The predicted molar refractivity (Wildman–Crippen MR) is 105 cm³/mol. The third-order valence-electron chi connectivity index (χ3n) is 4.61. The van der Waals surface area contributed by atoms with E-state index in [0.29, 0.717) is 35.9 Å². The van der Waals surface area contributed by atoms with Crippen LogP contribution in [0.4, 0.5) is 4.79 Å². The highest BCUT2D eigenvalue weighted by atomic mass is 32.2. The molecule has 3 amide bonds. The van der Waals surface area contributed by atoms with Crippen LogP contribution in [-0.4, -0.2) is 67.8 Å². The van der Waals surface area contributed by atoms with E-state index in [-0.39, 0.29) is 17.4 Å². The Hall–Kier alpha value is -2.68. The van der Waals surface area contributed by atoms with Gasteiger partial charge in [-0.25, -0.2) is 0 Å². The average molecular weight is 406 g/mol. The van der Waals surface area contributed by atoms with E-state index >= 15 is 0 Å². The number of hydrogen-bond acceptors (Lipinski definition) is 7. The fraction of sp³-hybridized carbons (Fsp3) is 0.421. The van der Waals surface area contributed by atoms with Crippen LogP contribution in [0.1, 0.15) is 18.4 Å².